The summed E-state index contributed by atoms with van der Waals surface area (Å²) >= 11 is 0. The largest absolute Gasteiger partial charge is 0.490 e. The van der Waals surface area contributed by atoms with Gasteiger partial charge in [-0.15, -0.1) is 0 Å². The smallest absolute Gasteiger partial charge is 0.475 e. The lowest BCUT2D eigenvalue weighted by Gasteiger charge is -1.93. The van der Waals surface area contributed by atoms with Crippen LogP contribution in [0.25, 0.3) is 0 Å². The summed E-state index contributed by atoms with van der Waals surface area (Å²) in [6.45, 7) is 0.640. The van der Waals surface area contributed by atoms with Crippen LogP contribution < -0.4 is 5.73 Å². The minimum atomic E-state index is -5.08. The van der Waals surface area contributed by atoms with Crippen LogP contribution in [-0.4, -0.2) is 34.5 Å². The van der Waals surface area contributed by atoms with Crippen molar-refractivity contribution < 1.29 is 46.1 Å². The van der Waals surface area contributed by atoms with Gasteiger partial charge in [0.25, 0.3) is 0 Å². The molecule has 0 fully saturated rings. The van der Waals surface area contributed by atoms with Crippen LogP contribution in [0.15, 0.2) is 30.3 Å². The van der Waals surface area contributed by atoms with E-state index in [9.17, 15) is 26.3 Å². The van der Waals surface area contributed by atoms with Gasteiger partial charge >= 0.3 is 24.3 Å². The zero-order valence-corrected chi connectivity index (χ0v) is 10.6. The molecule has 0 aliphatic heterocycles. The van der Waals surface area contributed by atoms with Crippen LogP contribution in [0.5, 0.6) is 0 Å². The second-order valence-electron chi connectivity index (χ2n) is 3.30. The predicted octanol–water partition coefficient (Wildman–Crippen LogP) is 2.41. The molecular formula is C11H11F6NO4. The van der Waals surface area contributed by atoms with Crippen molar-refractivity contribution in [1.82, 2.24) is 0 Å². The van der Waals surface area contributed by atoms with Gasteiger partial charge in [-0.25, -0.2) is 9.59 Å². The SMILES string of the molecule is NCc1ccccc1.O=C(O)C(F)(F)F.O=C(O)C(F)(F)F. The maximum Gasteiger partial charge on any atom is 0.490 e. The number of carbonyl (C=O) groups is 2. The van der Waals surface area contributed by atoms with Crippen LogP contribution in [0.4, 0.5) is 26.3 Å². The molecule has 4 N–H and O–H groups in total. The second-order valence-corrected chi connectivity index (χ2v) is 3.30. The van der Waals surface area contributed by atoms with E-state index in [4.69, 9.17) is 25.5 Å². The highest BCUT2D eigenvalue weighted by molar-refractivity contribution is 5.73. The number of halogens is 6. The molecule has 11 heteroatoms. The van der Waals surface area contributed by atoms with Crippen molar-refractivity contribution in [2.45, 2.75) is 18.9 Å². The van der Waals surface area contributed by atoms with Crippen LogP contribution in [0.1, 0.15) is 5.56 Å². The molecule has 0 unspecified atom stereocenters. The summed E-state index contributed by atoms with van der Waals surface area (Å²) in [7, 11) is 0. The fourth-order valence-corrected chi connectivity index (χ4v) is 0.614. The van der Waals surface area contributed by atoms with Crippen molar-refractivity contribution in [2.75, 3.05) is 0 Å². The fraction of sp³-hybridized carbons (Fsp3) is 0.273. The van der Waals surface area contributed by atoms with Crippen LogP contribution in [0.3, 0.4) is 0 Å². The molecule has 0 aliphatic carbocycles. The van der Waals surface area contributed by atoms with Gasteiger partial charge in [0, 0.05) is 6.54 Å². The number of carboxylic acids is 2. The van der Waals surface area contributed by atoms with Crippen LogP contribution >= 0.6 is 0 Å². The monoisotopic (exact) mass is 335 g/mol. The molecule has 0 saturated heterocycles. The standard InChI is InChI=1S/C7H9N.2C2HF3O2/c8-6-7-4-2-1-3-5-7;2*3-2(4,5)1(6)7/h1-5H,6,8H2;2*(H,6,7). The molecule has 0 spiro atoms. The highest BCUT2D eigenvalue weighted by Crippen LogP contribution is 2.13. The topological polar surface area (TPSA) is 101 Å². The van der Waals surface area contributed by atoms with Crippen molar-refractivity contribution in [2.24, 2.45) is 5.73 Å². The summed E-state index contributed by atoms with van der Waals surface area (Å²) in [4.78, 5) is 17.8. The van der Waals surface area contributed by atoms with E-state index in [0.717, 1.165) is 0 Å². The van der Waals surface area contributed by atoms with Gasteiger partial charge in [-0.3, -0.25) is 0 Å². The first-order chi connectivity index (χ1) is 9.82. The molecular weight excluding hydrogens is 324 g/mol. The minimum absolute atomic E-state index is 0.640. The highest BCUT2D eigenvalue weighted by atomic mass is 19.4. The maximum absolute atomic E-state index is 10.6. The number of aliphatic carboxylic acids is 2. The molecule has 126 valence electrons. The molecule has 0 heterocycles. The molecule has 0 amide bonds. The molecule has 0 radical (unpaired) electrons. The summed E-state index contributed by atoms with van der Waals surface area (Å²) in [5, 5.41) is 14.2. The van der Waals surface area contributed by atoms with Crippen molar-refractivity contribution in [3.8, 4) is 0 Å². The molecule has 0 atom stereocenters. The molecule has 22 heavy (non-hydrogen) atoms. The molecule has 0 aromatic heterocycles. The number of rotatable bonds is 1. The number of alkyl halides is 6. The minimum Gasteiger partial charge on any atom is -0.475 e. The van der Waals surface area contributed by atoms with Gasteiger partial charge in [-0.2, -0.15) is 26.3 Å². The first-order valence-corrected chi connectivity index (χ1v) is 5.16. The average molecular weight is 335 g/mol. The summed E-state index contributed by atoms with van der Waals surface area (Å²) in [6, 6.07) is 9.99. The van der Waals surface area contributed by atoms with E-state index < -0.39 is 24.3 Å². The number of nitrogens with two attached hydrogens (primary N) is 1. The Morgan fingerprint density at radius 1 is 0.864 bits per heavy atom. The summed E-state index contributed by atoms with van der Waals surface area (Å²) in [5.41, 5.74) is 6.54. The van der Waals surface area contributed by atoms with E-state index >= 15 is 0 Å². The fourth-order valence-electron chi connectivity index (χ4n) is 0.614. The lowest BCUT2D eigenvalue weighted by atomic mass is 10.2. The van der Waals surface area contributed by atoms with E-state index in [1.165, 1.54) is 5.56 Å². The third kappa shape index (κ3) is 12.7. The summed E-state index contributed by atoms with van der Waals surface area (Å²) in [5.74, 6) is -5.51. The second kappa shape index (κ2) is 9.60. The lowest BCUT2D eigenvalue weighted by Crippen LogP contribution is -2.21. The first-order valence-electron chi connectivity index (χ1n) is 5.16. The molecule has 0 bridgehead atoms. The lowest BCUT2D eigenvalue weighted by molar-refractivity contribution is -0.193. The van der Waals surface area contributed by atoms with Gasteiger partial charge in [0.2, 0.25) is 0 Å². The van der Waals surface area contributed by atoms with E-state index in [0.29, 0.717) is 6.54 Å². The van der Waals surface area contributed by atoms with Crippen LogP contribution in [0.2, 0.25) is 0 Å². The van der Waals surface area contributed by atoms with Gasteiger partial charge < -0.3 is 15.9 Å². The molecule has 0 aliphatic rings. The van der Waals surface area contributed by atoms with E-state index in [1.54, 1.807) is 0 Å². The Morgan fingerprint density at radius 3 is 1.27 bits per heavy atom. The predicted molar refractivity (Wildman–Crippen MR) is 61.7 cm³/mol. The molecule has 0 saturated carbocycles. The Hall–Kier alpha value is -2.30. The Labute approximate surface area is 120 Å². The Balaban J connectivity index is 0. The molecule has 1 aromatic carbocycles. The van der Waals surface area contributed by atoms with Crippen molar-refractivity contribution in [1.29, 1.82) is 0 Å². The van der Waals surface area contributed by atoms with Crippen LogP contribution in [0, 0.1) is 0 Å². The number of carboxylic acid groups (broad SMARTS) is 2. The number of hydrogen-bond donors (Lipinski definition) is 3. The Bertz CT molecular complexity index is 434. The van der Waals surface area contributed by atoms with Gasteiger partial charge in [-0.05, 0) is 5.56 Å². The zero-order valence-electron chi connectivity index (χ0n) is 10.6. The van der Waals surface area contributed by atoms with Gasteiger partial charge in [-0.1, -0.05) is 30.3 Å². The third-order valence-electron chi connectivity index (χ3n) is 1.56. The Kier molecular flexibility index (Phi) is 9.60. The average Bonchev–Trinajstić information content (AvgIpc) is 2.39. The van der Waals surface area contributed by atoms with E-state index in [1.807, 2.05) is 30.3 Å². The highest BCUT2D eigenvalue weighted by Gasteiger charge is 2.38. The normalized spacial score (nSPS) is 10.5. The van der Waals surface area contributed by atoms with E-state index in [-0.39, 0.29) is 0 Å². The maximum atomic E-state index is 10.6. The summed E-state index contributed by atoms with van der Waals surface area (Å²) in [6.07, 6.45) is -10.2. The number of hydrogen-bond acceptors (Lipinski definition) is 3. The molecule has 1 rings (SSSR count). The first kappa shape index (κ1) is 22.0. The Morgan fingerprint density at radius 2 is 1.14 bits per heavy atom. The molecule has 1 aromatic rings. The van der Waals surface area contributed by atoms with Gasteiger partial charge in [0.1, 0.15) is 0 Å². The van der Waals surface area contributed by atoms with Crippen LogP contribution in [-0.2, 0) is 16.1 Å². The van der Waals surface area contributed by atoms with Gasteiger partial charge in [0.15, 0.2) is 0 Å². The quantitative estimate of drug-likeness (QED) is 0.684. The van der Waals surface area contributed by atoms with Gasteiger partial charge in [0.05, 0.1) is 0 Å². The number of benzene rings is 1. The van der Waals surface area contributed by atoms with Crippen molar-refractivity contribution in [3.63, 3.8) is 0 Å². The summed E-state index contributed by atoms with van der Waals surface area (Å²) < 4.78 is 63.5. The third-order valence-corrected chi connectivity index (χ3v) is 1.56. The van der Waals surface area contributed by atoms with Crippen molar-refractivity contribution >= 4 is 11.9 Å². The molecule has 5 nitrogen and oxygen atoms in total. The van der Waals surface area contributed by atoms with Crippen molar-refractivity contribution in [3.05, 3.63) is 35.9 Å². The van der Waals surface area contributed by atoms with E-state index in [2.05, 4.69) is 0 Å². The zero-order chi connectivity index (χ0) is 18.0.